The largest absolute Gasteiger partial charge is 0.378 e. The Balaban J connectivity index is 1.77. The third-order valence-electron chi connectivity index (χ3n) is 4.90. The van der Waals surface area contributed by atoms with Crippen LogP contribution in [0.25, 0.3) is 28.0 Å². The molecule has 0 saturated carbocycles. The minimum Gasteiger partial charge on any atom is -0.378 e. The van der Waals surface area contributed by atoms with Crippen LogP contribution in [0.2, 0.25) is 0 Å². The van der Waals surface area contributed by atoms with Crippen LogP contribution in [0.4, 0.5) is 5.82 Å². The first-order valence-electron chi connectivity index (χ1n) is 9.19. The van der Waals surface area contributed by atoms with Crippen LogP contribution >= 0.6 is 0 Å². The quantitative estimate of drug-likeness (QED) is 0.535. The number of carbonyl (C=O) groups is 1. The Hall–Kier alpha value is -3.79. The van der Waals surface area contributed by atoms with Gasteiger partial charge in [0.25, 0.3) is 5.91 Å². The highest BCUT2D eigenvalue weighted by Gasteiger charge is 2.21. The maximum atomic E-state index is 12.0. The Kier molecular flexibility index (Phi) is 4.17. The van der Waals surface area contributed by atoms with Crippen LogP contribution in [0, 0.1) is 0 Å². The van der Waals surface area contributed by atoms with Crippen molar-refractivity contribution in [2.75, 3.05) is 31.2 Å². The van der Waals surface area contributed by atoms with Gasteiger partial charge >= 0.3 is 0 Å². The van der Waals surface area contributed by atoms with Gasteiger partial charge in [0.15, 0.2) is 11.5 Å². The number of ether oxygens (including phenoxy) is 1. The molecule has 0 atom stereocenters. The molecule has 4 aromatic rings. The smallest absolute Gasteiger partial charge is 0.267 e. The van der Waals surface area contributed by atoms with E-state index >= 15 is 0 Å². The number of hydrogen-bond donors (Lipinski definition) is 2. The molecule has 3 N–H and O–H groups in total. The molecule has 0 spiro atoms. The summed E-state index contributed by atoms with van der Waals surface area (Å²) in [7, 11) is 0. The minimum atomic E-state index is -0.585. The van der Waals surface area contributed by atoms with Crippen molar-refractivity contribution in [1.82, 2.24) is 29.9 Å². The first-order valence-corrected chi connectivity index (χ1v) is 9.19. The minimum absolute atomic E-state index is 0.209. The number of primary amides is 1. The fourth-order valence-corrected chi connectivity index (χ4v) is 3.52. The second-order valence-electron chi connectivity index (χ2n) is 6.62. The number of rotatable bonds is 4. The van der Waals surface area contributed by atoms with Crippen molar-refractivity contribution >= 4 is 22.8 Å². The van der Waals surface area contributed by atoms with Gasteiger partial charge in [0, 0.05) is 48.1 Å². The summed E-state index contributed by atoms with van der Waals surface area (Å²) in [6.45, 7) is 2.72. The van der Waals surface area contributed by atoms with E-state index in [1.165, 1.54) is 0 Å². The SMILES string of the molecule is NC(=O)c1ncccc1-c1cc(N2CCOCC2)nc2c1cnn2-c1cc[nH]n1. The Labute approximate surface area is 165 Å². The molecule has 0 aliphatic carbocycles. The summed E-state index contributed by atoms with van der Waals surface area (Å²) in [5.41, 5.74) is 7.86. The lowest BCUT2D eigenvalue weighted by Crippen LogP contribution is -2.36. The molecule has 146 valence electrons. The fraction of sp³-hybridized carbons (Fsp3) is 0.211. The van der Waals surface area contributed by atoms with Gasteiger partial charge in [0.05, 0.1) is 19.4 Å². The van der Waals surface area contributed by atoms with Crippen LogP contribution in [0.5, 0.6) is 0 Å². The van der Waals surface area contributed by atoms with Crippen molar-refractivity contribution in [3.8, 4) is 16.9 Å². The van der Waals surface area contributed by atoms with Gasteiger partial charge in [-0.25, -0.2) is 4.98 Å². The Morgan fingerprint density at radius 1 is 1.17 bits per heavy atom. The van der Waals surface area contributed by atoms with Crippen LogP contribution < -0.4 is 10.6 Å². The number of nitrogens with zero attached hydrogens (tertiary/aromatic N) is 6. The maximum absolute atomic E-state index is 12.0. The summed E-state index contributed by atoms with van der Waals surface area (Å²) in [5, 5.41) is 12.3. The zero-order valence-electron chi connectivity index (χ0n) is 15.4. The summed E-state index contributed by atoms with van der Waals surface area (Å²) in [6, 6.07) is 7.37. The number of pyridine rings is 2. The Morgan fingerprint density at radius 3 is 2.79 bits per heavy atom. The number of aromatic nitrogens is 6. The number of H-pyrrole nitrogens is 1. The summed E-state index contributed by atoms with van der Waals surface area (Å²) in [6.07, 6.45) is 4.99. The summed E-state index contributed by atoms with van der Waals surface area (Å²) in [4.78, 5) is 23.2. The Morgan fingerprint density at radius 2 is 2.03 bits per heavy atom. The molecule has 10 nitrogen and oxygen atoms in total. The molecule has 0 unspecified atom stereocenters. The first-order chi connectivity index (χ1) is 14.2. The van der Waals surface area contributed by atoms with Gasteiger partial charge in [-0.05, 0) is 12.1 Å². The number of nitrogens with one attached hydrogen (secondary N) is 1. The number of fused-ring (bicyclic) bond motifs is 1. The monoisotopic (exact) mass is 390 g/mol. The fourth-order valence-electron chi connectivity index (χ4n) is 3.52. The number of anilines is 1. The molecule has 1 aliphatic heterocycles. The van der Waals surface area contributed by atoms with E-state index in [2.05, 4.69) is 25.2 Å². The van der Waals surface area contributed by atoms with Gasteiger partial charge in [-0.15, -0.1) is 0 Å². The van der Waals surface area contributed by atoms with Crippen LogP contribution in [0.1, 0.15) is 10.5 Å². The van der Waals surface area contributed by atoms with Crippen LogP contribution in [-0.2, 0) is 4.74 Å². The molecule has 0 radical (unpaired) electrons. The highest BCUT2D eigenvalue weighted by Crippen LogP contribution is 2.33. The lowest BCUT2D eigenvalue weighted by Gasteiger charge is -2.28. The number of morpholine rings is 1. The van der Waals surface area contributed by atoms with Gasteiger partial charge < -0.3 is 15.4 Å². The van der Waals surface area contributed by atoms with E-state index in [4.69, 9.17) is 15.5 Å². The van der Waals surface area contributed by atoms with Crippen LogP contribution in [0.15, 0.2) is 42.9 Å². The maximum Gasteiger partial charge on any atom is 0.267 e. The van der Waals surface area contributed by atoms with Gasteiger partial charge in [-0.1, -0.05) is 6.07 Å². The van der Waals surface area contributed by atoms with Gasteiger partial charge in [0.1, 0.15) is 11.5 Å². The lowest BCUT2D eigenvalue weighted by molar-refractivity contribution is 0.0996. The van der Waals surface area contributed by atoms with E-state index in [-0.39, 0.29) is 5.69 Å². The van der Waals surface area contributed by atoms with Crippen LogP contribution in [-0.4, -0.2) is 62.2 Å². The average molecular weight is 390 g/mol. The standard InChI is InChI=1S/C19H18N8O2/c20-18(28)17-12(2-1-4-21-17)13-10-16(26-6-8-29-9-7-26)24-19-14(13)11-23-27(19)15-3-5-22-25-15/h1-5,10-11H,6-9H2,(H2,20,28)(H,22,25). The van der Waals surface area contributed by atoms with E-state index in [0.717, 1.165) is 29.9 Å². The molecular weight excluding hydrogens is 372 g/mol. The van der Waals surface area contributed by atoms with E-state index in [0.29, 0.717) is 30.2 Å². The number of aromatic amines is 1. The summed E-state index contributed by atoms with van der Waals surface area (Å²) >= 11 is 0. The molecule has 1 aliphatic rings. The van der Waals surface area contributed by atoms with E-state index in [1.54, 1.807) is 29.3 Å². The third-order valence-corrected chi connectivity index (χ3v) is 4.90. The number of nitrogens with two attached hydrogens (primary N) is 1. The van der Waals surface area contributed by atoms with Crippen LogP contribution in [0.3, 0.4) is 0 Å². The molecule has 5 rings (SSSR count). The number of hydrogen-bond acceptors (Lipinski definition) is 7. The molecule has 10 heteroatoms. The Bertz CT molecular complexity index is 1180. The lowest BCUT2D eigenvalue weighted by atomic mass is 10.0. The van der Waals surface area contributed by atoms with Crippen molar-refractivity contribution in [2.45, 2.75) is 0 Å². The van der Waals surface area contributed by atoms with E-state index < -0.39 is 5.91 Å². The summed E-state index contributed by atoms with van der Waals surface area (Å²) < 4.78 is 7.14. The molecule has 0 aromatic carbocycles. The molecular formula is C19H18N8O2. The normalized spacial score (nSPS) is 14.4. The van der Waals surface area contributed by atoms with Crippen molar-refractivity contribution < 1.29 is 9.53 Å². The molecule has 0 bridgehead atoms. The average Bonchev–Trinajstić information content (AvgIpc) is 3.43. The third kappa shape index (κ3) is 2.99. The second-order valence-corrected chi connectivity index (χ2v) is 6.62. The van der Waals surface area contributed by atoms with Gasteiger partial charge in [-0.3, -0.25) is 14.9 Å². The molecule has 1 fully saturated rings. The van der Waals surface area contributed by atoms with Gasteiger partial charge in [-0.2, -0.15) is 14.9 Å². The van der Waals surface area contributed by atoms with E-state index in [9.17, 15) is 4.79 Å². The predicted molar refractivity (Wildman–Crippen MR) is 106 cm³/mol. The van der Waals surface area contributed by atoms with Crippen molar-refractivity contribution in [1.29, 1.82) is 0 Å². The molecule has 4 aromatic heterocycles. The first kappa shape index (κ1) is 17.3. The number of amides is 1. The number of carbonyl (C=O) groups excluding carboxylic acids is 1. The molecule has 5 heterocycles. The highest BCUT2D eigenvalue weighted by molar-refractivity contribution is 6.03. The van der Waals surface area contributed by atoms with Crippen molar-refractivity contribution in [3.63, 3.8) is 0 Å². The van der Waals surface area contributed by atoms with Gasteiger partial charge in [0.2, 0.25) is 0 Å². The molecule has 1 amide bonds. The zero-order chi connectivity index (χ0) is 19.8. The predicted octanol–water partition coefficient (Wildman–Crippen LogP) is 1.14. The highest BCUT2D eigenvalue weighted by atomic mass is 16.5. The zero-order valence-corrected chi connectivity index (χ0v) is 15.4. The molecule has 1 saturated heterocycles. The summed E-state index contributed by atoms with van der Waals surface area (Å²) in [5.74, 6) is 0.810. The topological polar surface area (TPSA) is 128 Å². The van der Waals surface area contributed by atoms with Crippen molar-refractivity contribution in [2.24, 2.45) is 5.73 Å². The van der Waals surface area contributed by atoms with E-state index in [1.807, 2.05) is 18.2 Å². The second kappa shape index (κ2) is 6.99. The van der Waals surface area contributed by atoms with Crippen molar-refractivity contribution in [3.05, 3.63) is 48.5 Å². The molecule has 29 heavy (non-hydrogen) atoms.